The number of rotatable bonds is 3. The van der Waals surface area contributed by atoms with Crippen molar-refractivity contribution in [2.45, 2.75) is 19.0 Å². The Morgan fingerprint density at radius 2 is 2.17 bits per heavy atom. The minimum atomic E-state index is -0.375. The molecule has 1 N–H and O–H groups in total. The first-order valence-corrected chi connectivity index (χ1v) is 7.57. The molecule has 3 aromatic rings. The molecule has 3 heterocycles. The van der Waals surface area contributed by atoms with Crippen LogP contribution in [-0.4, -0.2) is 34.0 Å². The molecule has 2 aromatic heterocycles. The van der Waals surface area contributed by atoms with E-state index in [2.05, 4.69) is 15.4 Å². The van der Waals surface area contributed by atoms with Gasteiger partial charge in [-0.3, -0.25) is 4.79 Å². The van der Waals surface area contributed by atoms with Crippen LogP contribution in [0.15, 0.2) is 39.5 Å². The van der Waals surface area contributed by atoms with Gasteiger partial charge < -0.3 is 14.5 Å². The molecule has 124 valence electrons. The number of ether oxygens (including phenoxy) is 1. The van der Waals surface area contributed by atoms with Gasteiger partial charge in [-0.25, -0.2) is 9.07 Å². The fourth-order valence-electron chi connectivity index (χ4n) is 2.80. The molecular formula is C16H15FN4O3. The quantitative estimate of drug-likeness (QED) is 0.790. The van der Waals surface area contributed by atoms with Crippen molar-refractivity contribution < 1.29 is 13.5 Å². The lowest BCUT2D eigenvalue weighted by Gasteiger charge is -2.19. The van der Waals surface area contributed by atoms with Crippen molar-refractivity contribution in [2.24, 2.45) is 0 Å². The van der Waals surface area contributed by atoms with E-state index in [9.17, 15) is 9.18 Å². The van der Waals surface area contributed by atoms with Crippen molar-refractivity contribution in [3.05, 3.63) is 52.2 Å². The van der Waals surface area contributed by atoms with E-state index < -0.39 is 0 Å². The minimum absolute atomic E-state index is 0.192. The van der Waals surface area contributed by atoms with Crippen LogP contribution in [-0.2, 0) is 4.74 Å². The zero-order chi connectivity index (χ0) is 16.7. The van der Waals surface area contributed by atoms with E-state index in [-0.39, 0.29) is 29.5 Å². The highest BCUT2D eigenvalue weighted by atomic mass is 19.1. The lowest BCUT2D eigenvalue weighted by atomic mass is 10.2. The second-order valence-corrected chi connectivity index (χ2v) is 5.74. The Morgan fingerprint density at radius 3 is 3.04 bits per heavy atom. The Labute approximate surface area is 136 Å². The molecule has 0 spiro atoms. The van der Waals surface area contributed by atoms with Crippen LogP contribution in [0.4, 0.5) is 10.4 Å². The van der Waals surface area contributed by atoms with Crippen molar-refractivity contribution in [3.63, 3.8) is 0 Å². The SMILES string of the molecule is Cc1ccc(=O)n(C2COCC2Nc2nc3cc(F)ccc3o2)n1. The summed E-state index contributed by atoms with van der Waals surface area (Å²) in [6.07, 6.45) is 0. The van der Waals surface area contributed by atoms with E-state index in [1.807, 2.05) is 6.92 Å². The normalized spacial score (nSPS) is 20.6. The predicted octanol–water partition coefficient (Wildman–Crippen LogP) is 1.88. The number of fused-ring (bicyclic) bond motifs is 1. The second-order valence-electron chi connectivity index (χ2n) is 5.74. The standard InChI is InChI=1S/C16H15FN4O3/c1-9-2-5-15(22)21(20-9)13-8-23-7-12(13)19-16-18-11-6-10(17)3-4-14(11)24-16/h2-6,12-13H,7-8H2,1H3,(H,18,19). The second kappa shape index (κ2) is 5.72. The van der Waals surface area contributed by atoms with Crippen molar-refractivity contribution in [1.82, 2.24) is 14.8 Å². The molecule has 0 bridgehead atoms. The van der Waals surface area contributed by atoms with Gasteiger partial charge in [-0.1, -0.05) is 0 Å². The van der Waals surface area contributed by atoms with Crippen LogP contribution in [0.5, 0.6) is 0 Å². The Balaban J connectivity index is 1.62. The maximum Gasteiger partial charge on any atom is 0.296 e. The first-order valence-electron chi connectivity index (χ1n) is 7.57. The Kier molecular flexibility index (Phi) is 3.53. The monoisotopic (exact) mass is 330 g/mol. The number of anilines is 1. The molecule has 1 aromatic carbocycles. The number of oxazole rings is 1. The van der Waals surface area contributed by atoms with Gasteiger partial charge in [-0.05, 0) is 25.1 Å². The average molecular weight is 330 g/mol. The molecule has 0 saturated carbocycles. The van der Waals surface area contributed by atoms with E-state index in [1.54, 1.807) is 6.07 Å². The molecular weight excluding hydrogens is 315 g/mol. The zero-order valence-corrected chi connectivity index (χ0v) is 12.9. The number of nitrogens with zero attached hydrogens (tertiary/aromatic N) is 3. The minimum Gasteiger partial charge on any atom is -0.424 e. The highest BCUT2D eigenvalue weighted by Crippen LogP contribution is 2.24. The third kappa shape index (κ3) is 2.65. The van der Waals surface area contributed by atoms with E-state index in [4.69, 9.17) is 9.15 Å². The molecule has 1 saturated heterocycles. The first kappa shape index (κ1) is 14.8. The van der Waals surface area contributed by atoms with Gasteiger partial charge in [-0.15, -0.1) is 0 Å². The maximum absolute atomic E-state index is 13.2. The number of benzene rings is 1. The van der Waals surface area contributed by atoms with Crippen LogP contribution < -0.4 is 10.9 Å². The van der Waals surface area contributed by atoms with Crippen molar-refractivity contribution in [2.75, 3.05) is 18.5 Å². The predicted molar refractivity (Wildman–Crippen MR) is 84.5 cm³/mol. The summed E-state index contributed by atoms with van der Waals surface area (Å²) in [6.45, 7) is 2.58. The van der Waals surface area contributed by atoms with Crippen LogP contribution in [0.2, 0.25) is 0 Å². The van der Waals surface area contributed by atoms with Crippen LogP contribution in [0.25, 0.3) is 11.1 Å². The van der Waals surface area contributed by atoms with Gasteiger partial charge in [0.25, 0.3) is 11.6 Å². The molecule has 1 aliphatic rings. The van der Waals surface area contributed by atoms with E-state index in [1.165, 1.54) is 28.9 Å². The van der Waals surface area contributed by atoms with Crippen LogP contribution in [0.1, 0.15) is 11.7 Å². The van der Waals surface area contributed by atoms with Gasteiger partial charge in [0, 0.05) is 12.1 Å². The highest BCUT2D eigenvalue weighted by Gasteiger charge is 2.32. The first-order chi connectivity index (χ1) is 11.6. The molecule has 8 heteroatoms. The fraction of sp³-hybridized carbons (Fsp3) is 0.312. The number of hydrogen-bond acceptors (Lipinski definition) is 6. The molecule has 2 unspecified atom stereocenters. The number of aromatic nitrogens is 3. The van der Waals surface area contributed by atoms with Crippen molar-refractivity contribution in [1.29, 1.82) is 0 Å². The van der Waals surface area contributed by atoms with E-state index >= 15 is 0 Å². The fourth-order valence-corrected chi connectivity index (χ4v) is 2.80. The molecule has 7 nitrogen and oxygen atoms in total. The molecule has 1 aliphatic heterocycles. The third-order valence-corrected chi connectivity index (χ3v) is 3.98. The van der Waals surface area contributed by atoms with Crippen LogP contribution in [0, 0.1) is 12.7 Å². The molecule has 0 radical (unpaired) electrons. The molecule has 4 rings (SSSR count). The summed E-state index contributed by atoms with van der Waals surface area (Å²) < 4.78 is 25.7. The molecule has 24 heavy (non-hydrogen) atoms. The van der Waals surface area contributed by atoms with Gasteiger partial charge in [-0.2, -0.15) is 10.1 Å². The lowest BCUT2D eigenvalue weighted by molar-refractivity contribution is 0.182. The van der Waals surface area contributed by atoms with Gasteiger partial charge >= 0.3 is 0 Å². The van der Waals surface area contributed by atoms with Gasteiger partial charge in [0.2, 0.25) is 0 Å². The summed E-state index contributed by atoms with van der Waals surface area (Å²) in [5, 5.41) is 7.40. The Hall–Kier alpha value is -2.74. The summed E-state index contributed by atoms with van der Waals surface area (Å²) in [7, 11) is 0. The zero-order valence-electron chi connectivity index (χ0n) is 12.9. The molecule has 0 aliphatic carbocycles. The van der Waals surface area contributed by atoms with Gasteiger partial charge in [0.15, 0.2) is 5.58 Å². The topological polar surface area (TPSA) is 82.2 Å². The third-order valence-electron chi connectivity index (χ3n) is 3.98. The largest absolute Gasteiger partial charge is 0.424 e. The number of hydrogen-bond donors (Lipinski definition) is 1. The highest BCUT2D eigenvalue weighted by molar-refractivity contribution is 5.74. The Bertz CT molecular complexity index is 952. The van der Waals surface area contributed by atoms with Crippen LogP contribution >= 0.6 is 0 Å². The summed E-state index contributed by atoms with van der Waals surface area (Å²) in [5.41, 5.74) is 1.47. The summed E-state index contributed by atoms with van der Waals surface area (Å²) >= 11 is 0. The Morgan fingerprint density at radius 1 is 1.29 bits per heavy atom. The van der Waals surface area contributed by atoms with Crippen LogP contribution in [0.3, 0.4) is 0 Å². The smallest absolute Gasteiger partial charge is 0.296 e. The lowest BCUT2D eigenvalue weighted by Crippen LogP contribution is -2.37. The molecule has 2 atom stereocenters. The summed E-state index contributed by atoms with van der Waals surface area (Å²) in [6, 6.07) is 7.06. The van der Waals surface area contributed by atoms with Gasteiger partial charge in [0.1, 0.15) is 17.4 Å². The molecule has 0 amide bonds. The maximum atomic E-state index is 13.2. The number of aryl methyl sites for hydroxylation is 1. The van der Waals surface area contributed by atoms with Gasteiger partial charge in [0.05, 0.1) is 24.9 Å². The summed E-state index contributed by atoms with van der Waals surface area (Å²) in [4.78, 5) is 16.3. The van der Waals surface area contributed by atoms with Crippen molar-refractivity contribution >= 4 is 17.1 Å². The number of halogens is 1. The summed E-state index contributed by atoms with van der Waals surface area (Å²) in [5.74, 6) is -0.375. The van der Waals surface area contributed by atoms with Crippen molar-refractivity contribution in [3.8, 4) is 0 Å². The van der Waals surface area contributed by atoms with E-state index in [0.29, 0.717) is 24.3 Å². The molecule has 1 fully saturated rings. The average Bonchev–Trinajstić information content (AvgIpc) is 3.16. The van der Waals surface area contributed by atoms with E-state index in [0.717, 1.165) is 5.69 Å². The number of nitrogens with one attached hydrogen (secondary N) is 1.